The second-order valence-corrected chi connectivity index (χ2v) is 4.25. The van der Waals surface area contributed by atoms with E-state index in [1.165, 1.54) is 0 Å². The zero-order valence-electron chi connectivity index (χ0n) is 8.38. The summed E-state index contributed by atoms with van der Waals surface area (Å²) in [4.78, 5) is 13.4. The van der Waals surface area contributed by atoms with Gasteiger partial charge in [-0.3, -0.25) is 4.79 Å². The topological polar surface area (TPSA) is 46.3 Å². The van der Waals surface area contributed by atoms with Crippen molar-refractivity contribution in [1.82, 2.24) is 4.90 Å². The smallest absolute Gasteiger partial charge is 0.224 e. The number of nitrogens with zero attached hydrogens (tertiary/aromatic N) is 1. The highest BCUT2D eigenvalue weighted by Gasteiger charge is 2.23. The lowest BCUT2D eigenvalue weighted by atomic mass is 10.0. The number of carbonyl (C=O) groups is 1. The molecule has 78 valence electrons. The Morgan fingerprint density at radius 1 is 1.38 bits per heavy atom. The van der Waals surface area contributed by atoms with E-state index in [9.17, 15) is 4.79 Å². The quantitative estimate of drug-likeness (QED) is 0.737. The second kappa shape index (κ2) is 4.82. The van der Waals surface area contributed by atoms with Crippen LogP contribution in [-0.4, -0.2) is 29.4 Å². The van der Waals surface area contributed by atoms with Crippen LogP contribution >= 0.6 is 12.4 Å². The van der Waals surface area contributed by atoms with Crippen LogP contribution in [0.2, 0.25) is 0 Å². The van der Waals surface area contributed by atoms with E-state index in [1.54, 1.807) is 0 Å². The van der Waals surface area contributed by atoms with Gasteiger partial charge in [0.15, 0.2) is 0 Å². The molecule has 1 heterocycles. The van der Waals surface area contributed by atoms with Gasteiger partial charge in [0.1, 0.15) is 0 Å². The summed E-state index contributed by atoms with van der Waals surface area (Å²) in [5.74, 6) is 0.208. The Bertz CT molecular complexity index is 171. The number of rotatable bonds is 2. The largest absolute Gasteiger partial charge is 0.343 e. The zero-order valence-corrected chi connectivity index (χ0v) is 9.19. The van der Waals surface area contributed by atoms with Crippen molar-refractivity contribution in [2.45, 2.75) is 38.6 Å². The summed E-state index contributed by atoms with van der Waals surface area (Å²) in [6.07, 6.45) is 2.76. The first-order valence-electron chi connectivity index (χ1n) is 4.56. The van der Waals surface area contributed by atoms with Gasteiger partial charge in [0.2, 0.25) is 5.91 Å². The molecule has 13 heavy (non-hydrogen) atoms. The Hall–Kier alpha value is -0.280. The van der Waals surface area contributed by atoms with Crippen LogP contribution in [0.1, 0.15) is 33.1 Å². The molecule has 0 aromatic rings. The minimum Gasteiger partial charge on any atom is -0.343 e. The van der Waals surface area contributed by atoms with Crippen molar-refractivity contribution in [2.24, 2.45) is 5.73 Å². The summed E-state index contributed by atoms with van der Waals surface area (Å²) in [6.45, 7) is 5.63. The maximum Gasteiger partial charge on any atom is 0.224 e. The monoisotopic (exact) mass is 206 g/mol. The van der Waals surface area contributed by atoms with Gasteiger partial charge in [0, 0.05) is 25.0 Å². The molecule has 0 aliphatic carbocycles. The van der Waals surface area contributed by atoms with Crippen LogP contribution in [0.3, 0.4) is 0 Å². The molecule has 0 radical (unpaired) electrons. The van der Waals surface area contributed by atoms with Crippen molar-refractivity contribution in [1.29, 1.82) is 0 Å². The van der Waals surface area contributed by atoms with Gasteiger partial charge in [-0.2, -0.15) is 0 Å². The average Bonchev–Trinajstić information content (AvgIpc) is 2.32. The molecular weight excluding hydrogens is 188 g/mol. The third-order valence-corrected chi connectivity index (χ3v) is 2.07. The van der Waals surface area contributed by atoms with E-state index in [-0.39, 0.29) is 23.9 Å². The molecule has 0 saturated carbocycles. The zero-order chi connectivity index (χ0) is 9.19. The van der Waals surface area contributed by atoms with Crippen LogP contribution in [0, 0.1) is 0 Å². The van der Waals surface area contributed by atoms with Crippen LogP contribution in [0.4, 0.5) is 0 Å². The summed E-state index contributed by atoms with van der Waals surface area (Å²) in [5, 5.41) is 0. The third kappa shape index (κ3) is 4.48. The molecule has 4 heteroatoms. The Labute approximate surface area is 86.1 Å². The number of hydrogen-bond acceptors (Lipinski definition) is 2. The van der Waals surface area contributed by atoms with Crippen LogP contribution in [0.15, 0.2) is 0 Å². The van der Waals surface area contributed by atoms with Gasteiger partial charge in [0.25, 0.3) is 0 Å². The number of amides is 1. The fourth-order valence-electron chi connectivity index (χ4n) is 1.47. The standard InChI is InChI=1S/C9H18N2O.ClH/c1-9(2,10)7-8(12)11-5-3-4-6-11;/h3-7,10H2,1-2H3;1H. The van der Waals surface area contributed by atoms with Crippen LogP contribution in [0.25, 0.3) is 0 Å². The molecule has 1 aliphatic heterocycles. The van der Waals surface area contributed by atoms with E-state index in [1.807, 2.05) is 18.7 Å². The molecule has 2 N–H and O–H groups in total. The van der Waals surface area contributed by atoms with Gasteiger partial charge < -0.3 is 10.6 Å². The molecule has 1 fully saturated rings. The second-order valence-electron chi connectivity index (χ2n) is 4.25. The Morgan fingerprint density at radius 2 is 1.85 bits per heavy atom. The van der Waals surface area contributed by atoms with Crippen molar-refractivity contribution in [2.75, 3.05) is 13.1 Å². The Kier molecular flexibility index (Phi) is 4.71. The van der Waals surface area contributed by atoms with E-state index in [0.29, 0.717) is 6.42 Å². The SMILES string of the molecule is CC(C)(N)CC(=O)N1CCCC1.Cl. The third-order valence-electron chi connectivity index (χ3n) is 2.07. The van der Waals surface area contributed by atoms with E-state index < -0.39 is 0 Å². The van der Waals surface area contributed by atoms with Gasteiger partial charge in [-0.25, -0.2) is 0 Å². The van der Waals surface area contributed by atoms with E-state index in [0.717, 1.165) is 25.9 Å². The summed E-state index contributed by atoms with van der Waals surface area (Å²) in [5.41, 5.74) is 5.40. The molecule has 0 spiro atoms. The van der Waals surface area contributed by atoms with Gasteiger partial charge in [-0.15, -0.1) is 12.4 Å². The van der Waals surface area contributed by atoms with Gasteiger partial charge in [-0.05, 0) is 26.7 Å². The van der Waals surface area contributed by atoms with Crippen LogP contribution in [0.5, 0.6) is 0 Å². The van der Waals surface area contributed by atoms with Crippen LogP contribution in [-0.2, 0) is 4.79 Å². The first-order valence-corrected chi connectivity index (χ1v) is 4.56. The lowest BCUT2D eigenvalue weighted by molar-refractivity contribution is -0.131. The number of nitrogens with two attached hydrogens (primary N) is 1. The van der Waals surface area contributed by atoms with Gasteiger partial charge >= 0.3 is 0 Å². The molecule has 0 aromatic heterocycles. The van der Waals surface area contributed by atoms with Crippen molar-refractivity contribution >= 4 is 18.3 Å². The van der Waals surface area contributed by atoms with Gasteiger partial charge in [0.05, 0.1) is 0 Å². The minimum absolute atomic E-state index is 0. The Balaban J connectivity index is 0.00000144. The van der Waals surface area contributed by atoms with Gasteiger partial charge in [-0.1, -0.05) is 0 Å². The van der Waals surface area contributed by atoms with E-state index in [4.69, 9.17) is 5.73 Å². The number of likely N-dealkylation sites (tertiary alicyclic amines) is 1. The predicted molar refractivity (Wildman–Crippen MR) is 55.9 cm³/mol. The minimum atomic E-state index is -0.361. The Morgan fingerprint density at radius 3 is 2.23 bits per heavy atom. The first kappa shape index (κ1) is 12.7. The lowest BCUT2D eigenvalue weighted by Crippen LogP contribution is -2.40. The maximum atomic E-state index is 11.5. The highest BCUT2D eigenvalue weighted by Crippen LogP contribution is 2.12. The summed E-state index contributed by atoms with van der Waals surface area (Å²) in [7, 11) is 0. The molecule has 0 atom stereocenters. The fraction of sp³-hybridized carbons (Fsp3) is 0.889. The highest BCUT2D eigenvalue weighted by atomic mass is 35.5. The summed E-state index contributed by atoms with van der Waals surface area (Å²) < 4.78 is 0. The number of halogens is 1. The predicted octanol–water partition coefficient (Wildman–Crippen LogP) is 1.16. The lowest BCUT2D eigenvalue weighted by Gasteiger charge is -2.22. The number of carbonyl (C=O) groups excluding carboxylic acids is 1. The normalized spacial score (nSPS) is 17.0. The summed E-state index contributed by atoms with van der Waals surface area (Å²) in [6, 6.07) is 0. The van der Waals surface area contributed by atoms with Crippen molar-refractivity contribution in [3.8, 4) is 0 Å². The molecule has 0 unspecified atom stereocenters. The van der Waals surface area contributed by atoms with E-state index >= 15 is 0 Å². The molecular formula is C9H19ClN2O. The summed E-state index contributed by atoms with van der Waals surface area (Å²) >= 11 is 0. The fourth-order valence-corrected chi connectivity index (χ4v) is 1.47. The van der Waals surface area contributed by atoms with Crippen molar-refractivity contribution in [3.63, 3.8) is 0 Å². The van der Waals surface area contributed by atoms with E-state index in [2.05, 4.69) is 0 Å². The molecule has 0 bridgehead atoms. The maximum absolute atomic E-state index is 11.5. The molecule has 1 amide bonds. The molecule has 3 nitrogen and oxygen atoms in total. The number of hydrogen-bond donors (Lipinski definition) is 1. The molecule has 1 aliphatic rings. The molecule has 0 aromatic carbocycles. The molecule has 1 rings (SSSR count). The average molecular weight is 207 g/mol. The molecule has 1 saturated heterocycles. The highest BCUT2D eigenvalue weighted by molar-refractivity contribution is 5.85. The van der Waals surface area contributed by atoms with Crippen LogP contribution < -0.4 is 5.73 Å². The van der Waals surface area contributed by atoms with Crippen molar-refractivity contribution in [3.05, 3.63) is 0 Å². The first-order chi connectivity index (χ1) is 5.49. The van der Waals surface area contributed by atoms with Crippen molar-refractivity contribution < 1.29 is 4.79 Å².